The summed E-state index contributed by atoms with van der Waals surface area (Å²) in [5.41, 5.74) is -0.419. The van der Waals surface area contributed by atoms with Crippen LogP contribution in [-0.2, 0) is 6.18 Å². The summed E-state index contributed by atoms with van der Waals surface area (Å²) < 4.78 is 43.0. The van der Waals surface area contributed by atoms with Gasteiger partial charge in [0.1, 0.15) is 11.6 Å². The molecule has 0 aliphatic carbocycles. The zero-order valence-electron chi connectivity index (χ0n) is 15.4. The monoisotopic (exact) mass is 394 g/mol. The number of carbonyl (C=O) groups is 1. The number of carbonyl (C=O) groups excluding carboxylic acids is 1. The Labute approximate surface area is 160 Å². The van der Waals surface area contributed by atoms with E-state index in [1.165, 1.54) is 6.07 Å². The second kappa shape index (κ2) is 8.45. The van der Waals surface area contributed by atoms with Crippen LogP contribution in [0.5, 0.6) is 5.75 Å². The molecule has 0 unspecified atom stereocenters. The molecule has 1 aromatic carbocycles. The molecule has 150 valence electrons. The minimum Gasteiger partial charge on any atom is -0.494 e. The van der Waals surface area contributed by atoms with Crippen molar-refractivity contribution >= 4 is 11.7 Å². The maximum absolute atomic E-state index is 12.6. The molecule has 1 N–H and O–H groups in total. The van der Waals surface area contributed by atoms with Crippen molar-refractivity contribution in [2.24, 2.45) is 0 Å². The summed E-state index contributed by atoms with van der Waals surface area (Å²) in [5, 5.41) is 9.88. The van der Waals surface area contributed by atoms with Crippen LogP contribution in [0.15, 0.2) is 36.4 Å². The van der Waals surface area contributed by atoms with Crippen LogP contribution in [0.4, 0.5) is 19.0 Å². The van der Waals surface area contributed by atoms with Crippen LogP contribution < -0.4 is 10.1 Å². The van der Waals surface area contributed by atoms with Crippen LogP contribution in [0, 0.1) is 0 Å². The largest absolute Gasteiger partial charge is 0.494 e. The van der Waals surface area contributed by atoms with Crippen LogP contribution in [0.2, 0.25) is 0 Å². The van der Waals surface area contributed by atoms with Gasteiger partial charge in [-0.1, -0.05) is 0 Å². The highest BCUT2D eigenvalue weighted by Gasteiger charge is 2.33. The van der Waals surface area contributed by atoms with Crippen LogP contribution >= 0.6 is 0 Å². The first-order valence-corrected chi connectivity index (χ1v) is 9.06. The highest BCUT2D eigenvalue weighted by Crippen LogP contribution is 2.27. The van der Waals surface area contributed by atoms with E-state index < -0.39 is 11.9 Å². The van der Waals surface area contributed by atoms with Gasteiger partial charge in [0.25, 0.3) is 5.91 Å². The van der Waals surface area contributed by atoms with Gasteiger partial charge in [0.2, 0.25) is 0 Å². The maximum atomic E-state index is 12.6. The van der Waals surface area contributed by atoms with Crippen molar-refractivity contribution in [3.05, 3.63) is 47.7 Å². The Morgan fingerprint density at radius 1 is 1.14 bits per heavy atom. The van der Waals surface area contributed by atoms with Gasteiger partial charge in [-0.15, -0.1) is 10.2 Å². The lowest BCUT2D eigenvalue weighted by Gasteiger charge is -2.32. The van der Waals surface area contributed by atoms with Gasteiger partial charge in [-0.05, 0) is 56.2 Å². The lowest BCUT2D eigenvalue weighted by atomic mass is 10.0. The Morgan fingerprint density at radius 2 is 1.82 bits per heavy atom. The number of likely N-dealkylation sites (tertiary alicyclic amines) is 1. The average Bonchev–Trinajstić information content (AvgIpc) is 2.69. The standard InChI is InChI=1S/C19H21F3N4O2/c1-2-28-15-5-3-13(4-6-15)18(27)26-11-9-14(10-12-26)23-17-8-7-16(24-25-17)19(20,21)22/h3-8,14H,2,9-12H2,1H3,(H,23,25). The quantitative estimate of drug-likeness (QED) is 0.839. The fraction of sp³-hybridized carbons (Fsp3) is 0.421. The van der Waals surface area contributed by atoms with Crippen LogP contribution in [-0.4, -0.2) is 46.7 Å². The summed E-state index contributed by atoms with van der Waals surface area (Å²) in [6, 6.07) is 9.23. The second-order valence-corrected chi connectivity index (χ2v) is 6.47. The molecular formula is C19H21F3N4O2. The fourth-order valence-electron chi connectivity index (χ4n) is 3.04. The molecule has 2 aromatic rings. The highest BCUT2D eigenvalue weighted by atomic mass is 19.4. The van der Waals surface area contributed by atoms with Crippen molar-refractivity contribution in [3.63, 3.8) is 0 Å². The number of nitrogens with one attached hydrogen (secondary N) is 1. The number of aromatic nitrogens is 2. The Balaban J connectivity index is 1.52. The van der Waals surface area contributed by atoms with Gasteiger partial charge >= 0.3 is 6.18 Å². The van der Waals surface area contributed by atoms with E-state index in [0.717, 1.165) is 11.8 Å². The molecule has 1 fully saturated rings. The number of piperidine rings is 1. The number of halogens is 3. The number of anilines is 1. The zero-order chi connectivity index (χ0) is 20.1. The molecule has 1 aliphatic rings. The number of hydrogen-bond donors (Lipinski definition) is 1. The molecule has 1 amide bonds. The Kier molecular flexibility index (Phi) is 6.01. The number of nitrogens with zero attached hydrogens (tertiary/aromatic N) is 3. The molecule has 1 saturated heterocycles. The topological polar surface area (TPSA) is 67.3 Å². The van der Waals surface area contributed by atoms with Crippen molar-refractivity contribution in [2.45, 2.75) is 32.0 Å². The first-order valence-electron chi connectivity index (χ1n) is 9.06. The molecule has 28 heavy (non-hydrogen) atoms. The minimum atomic E-state index is -4.50. The molecule has 0 atom stereocenters. The van der Waals surface area contributed by atoms with E-state index in [9.17, 15) is 18.0 Å². The Hall–Kier alpha value is -2.84. The van der Waals surface area contributed by atoms with E-state index in [1.807, 2.05) is 6.92 Å². The summed E-state index contributed by atoms with van der Waals surface area (Å²) in [7, 11) is 0. The van der Waals surface area contributed by atoms with Crippen molar-refractivity contribution < 1.29 is 22.7 Å². The van der Waals surface area contributed by atoms with Crippen molar-refractivity contribution in [1.29, 1.82) is 0 Å². The molecule has 1 aliphatic heterocycles. The smallest absolute Gasteiger partial charge is 0.435 e. The van der Waals surface area contributed by atoms with Gasteiger partial charge in [-0.2, -0.15) is 13.2 Å². The lowest BCUT2D eigenvalue weighted by molar-refractivity contribution is -0.141. The van der Waals surface area contributed by atoms with Crippen molar-refractivity contribution in [2.75, 3.05) is 25.0 Å². The fourth-order valence-corrected chi connectivity index (χ4v) is 3.04. The van der Waals surface area contributed by atoms with E-state index >= 15 is 0 Å². The third kappa shape index (κ3) is 4.90. The predicted octanol–water partition coefficient (Wildman–Crippen LogP) is 3.61. The van der Waals surface area contributed by atoms with Gasteiger partial charge in [0.05, 0.1) is 6.61 Å². The third-order valence-electron chi connectivity index (χ3n) is 4.50. The van der Waals surface area contributed by atoms with Crippen molar-refractivity contribution in [1.82, 2.24) is 15.1 Å². The van der Waals surface area contributed by atoms with E-state index in [1.54, 1.807) is 29.2 Å². The number of benzene rings is 1. The molecular weight excluding hydrogens is 373 g/mol. The van der Waals surface area contributed by atoms with E-state index in [-0.39, 0.29) is 11.9 Å². The molecule has 0 bridgehead atoms. The number of hydrogen-bond acceptors (Lipinski definition) is 5. The second-order valence-electron chi connectivity index (χ2n) is 6.47. The predicted molar refractivity (Wildman–Crippen MR) is 97.2 cm³/mol. The van der Waals surface area contributed by atoms with Gasteiger partial charge in [0.15, 0.2) is 5.69 Å². The van der Waals surface area contributed by atoms with E-state index in [0.29, 0.717) is 43.9 Å². The van der Waals surface area contributed by atoms with Gasteiger partial charge in [-0.3, -0.25) is 4.79 Å². The van der Waals surface area contributed by atoms with Gasteiger partial charge in [-0.25, -0.2) is 0 Å². The summed E-state index contributed by atoms with van der Waals surface area (Å²) in [5.74, 6) is 0.972. The summed E-state index contributed by atoms with van der Waals surface area (Å²) in [6.45, 7) is 3.57. The Bertz CT molecular complexity index is 786. The van der Waals surface area contributed by atoms with E-state index in [2.05, 4.69) is 15.5 Å². The van der Waals surface area contributed by atoms with Crippen LogP contribution in [0.1, 0.15) is 35.8 Å². The summed E-state index contributed by atoms with van der Waals surface area (Å²) >= 11 is 0. The molecule has 6 nitrogen and oxygen atoms in total. The SMILES string of the molecule is CCOc1ccc(C(=O)N2CCC(Nc3ccc(C(F)(F)F)nn3)CC2)cc1. The summed E-state index contributed by atoms with van der Waals surface area (Å²) in [6.07, 6.45) is -3.16. The van der Waals surface area contributed by atoms with Crippen LogP contribution in [0.3, 0.4) is 0 Å². The normalized spacial score (nSPS) is 15.4. The number of ether oxygens (including phenoxy) is 1. The molecule has 2 heterocycles. The first-order chi connectivity index (χ1) is 13.4. The summed E-state index contributed by atoms with van der Waals surface area (Å²) in [4.78, 5) is 14.4. The molecule has 0 spiro atoms. The Morgan fingerprint density at radius 3 is 2.36 bits per heavy atom. The number of alkyl halides is 3. The number of rotatable bonds is 5. The third-order valence-corrected chi connectivity index (χ3v) is 4.50. The van der Waals surface area contributed by atoms with Gasteiger partial charge in [0, 0.05) is 24.7 Å². The molecule has 9 heteroatoms. The lowest BCUT2D eigenvalue weighted by Crippen LogP contribution is -2.42. The molecule has 0 radical (unpaired) electrons. The molecule has 1 aromatic heterocycles. The van der Waals surface area contributed by atoms with Gasteiger partial charge < -0.3 is 15.0 Å². The first kappa shape index (κ1) is 19.9. The number of amides is 1. The highest BCUT2D eigenvalue weighted by molar-refractivity contribution is 5.94. The average molecular weight is 394 g/mol. The van der Waals surface area contributed by atoms with Crippen LogP contribution in [0.25, 0.3) is 0 Å². The minimum absolute atomic E-state index is 0.0235. The van der Waals surface area contributed by atoms with Crippen molar-refractivity contribution in [3.8, 4) is 5.75 Å². The molecule has 3 rings (SSSR count). The molecule has 0 saturated carbocycles. The van der Waals surface area contributed by atoms with E-state index in [4.69, 9.17) is 4.74 Å². The zero-order valence-corrected chi connectivity index (χ0v) is 15.4. The maximum Gasteiger partial charge on any atom is 0.435 e.